The summed E-state index contributed by atoms with van der Waals surface area (Å²) in [6, 6.07) is 13.9. The number of aryl methyl sites for hydroxylation is 1. The number of esters is 1. The lowest BCUT2D eigenvalue weighted by molar-refractivity contribution is -0.131. The van der Waals surface area contributed by atoms with Crippen molar-refractivity contribution in [2.24, 2.45) is 0 Å². The van der Waals surface area contributed by atoms with Gasteiger partial charge in [0.1, 0.15) is 11.4 Å². The average molecular weight is 352 g/mol. The van der Waals surface area contributed by atoms with Crippen molar-refractivity contribution in [1.29, 1.82) is 0 Å². The third-order valence-corrected chi connectivity index (χ3v) is 3.32. The van der Waals surface area contributed by atoms with Gasteiger partial charge in [-0.25, -0.2) is 0 Å². The lowest BCUT2D eigenvalue weighted by Gasteiger charge is -2.10. The molecule has 6 nitrogen and oxygen atoms in total. The molecule has 0 aliphatic heterocycles. The molecule has 2 rings (SSSR count). The van der Waals surface area contributed by atoms with Crippen LogP contribution in [-0.4, -0.2) is 17.8 Å². The van der Waals surface area contributed by atoms with Crippen LogP contribution < -0.4 is 15.4 Å². The molecule has 0 saturated carbocycles. The Morgan fingerprint density at radius 3 is 2.08 bits per heavy atom. The van der Waals surface area contributed by atoms with Gasteiger partial charge in [-0.05, 0) is 42.8 Å². The van der Waals surface area contributed by atoms with E-state index in [4.69, 9.17) is 4.74 Å². The molecule has 0 saturated heterocycles. The van der Waals surface area contributed by atoms with Crippen LogP contribution in [0.25, 0.3) is 6.08 Å². The Hall–Kier alpha value is -3.41. The first-order valence-corrected chi connectivity index (χ1v) is 7.99. The van der Waals surface area contributed by atoms with E-state index in [0.29, 0.717) is 17.0 Å². The number of anilines is 1. The minimum absolute atomic E-state index is 0.110. The number of carbonyl (C=O) groups is 3. The fraction of sp³-hybridized carbons (Fsp3) is 0.150. The molecule has 2 amide bonds. The van der Waals surface area contributed by atoms with Crippen molar-refractivity contribution < 1.29 is 19.1 Å². The van der Waals surface area contributed by atoms with Gasteiger partial charge in [0.25, 0.3) is 5.91 Å². The van der Waals surface area contributed by atoms with Gasteiger partial charge in [-0.3, -0.25) is 14.4 Å². The van der Waals surface area contributed by atoms with E-state index in [2.05, 4.69) is 10.6 Å². The topological polar surface area (TPSA) is 84.5 Å². The van der Waals surface area contributed by atoms with Crippen LogP contribution in [0.2, 0.25) is 0 Å². The van der Waals surface area contributed by atoms with Crippen molar-refractivity contribution in [2.75, 3.05) is 5.32 Å². The average Bonchev–Trinajstić information content (AvgIpc) is 2.57. The van der Waals surface area contributed by atoms with Crippen molar-refractivity contribution in [3.8, 4) is 5.75 Å². The summed E-state index contributed by atoms with van der Waals surface area (Å²) in [5.74, 6) is -0.801. The summed E-state index contributed by atoms with van der Waals surface area (Å²) in [7, 11) is 0. The van der Waals surface area contributed by atoms with E-state index in [1.165, 1.54) is 13.8 Å². The fourth-order valence-electron chi connectivity index (χ4n) is 2.15. The first-order valence-electron chi connectivity index (χ1n) is 7.99. The lowest BCUT2D eigenvalue weighted by atomic mass is 10.1. The zero-order valence-electron chi connectivity index (χ0n) is 14.8. The van der Waals surface area contributed by atoms with Crippen LogP contribution in [0.5, 0.6) is 5.75 Å². The Labute approximate surface area is 151 Å². The van der Waals surface area contributed by atoms with E-state index in [-0.39, 0.29) is 11.6 Å². The Morgan fingerprint density at radius 2 is 1.54 bits per heavy atom. The summed E-state index contributed by atoms with van der Waals surface area (Å²) in [5, 5.41) is 5.27. The largest absolute Gasteiger partial charge is 0.427 e. The molecule has 0 spiro atoms. The van der Waals surface area contributed by atoms with Gasteiger partial charge in [-0.2, -0.15) is 0 Å². The molecule has 0 aliphatic rings. The van der Waals surface area contributed by atoms with Crippen LogP contribution >= 0.6 is 0 Å². The van der Waals surface area contributed by atoms with Crippen LogP contribution in [0.4, 0.5) is 5.69 Å². The minimum Gasteiger partial charge on any atom is -0.427 e. The molecule has 0 aliphatic carbocycles. The summed E-state index contributed by atoms with van der Waals surface area (Å²) >= 11 is 0. The van der Waals surface area contributed by atoms with Gasteiger partial charge in [-0.1, -0.05) is 29.8 Å². The maximum atomic E-state index is 12.5. The van der Waals surface area contributed by atoms with Crippen LogP contribution in [0.15, 0.2) is 54.2 Å². The SMILES string of the molecule is CC(=O)N/C(=C\c1ccc(OC(C)=O)cc1)C(=O)Nc1ccc(C)cc1. The second-order valence-electron chi connectivity index (χ2n) is 5.72. The molecule has 6 heteroatoms. The number of amides is 2. The molecule has 2 aromatic carbocycles. The number of rotatable bonds is 5. The Balaban J connectivity index is 2.20. The van der Waals surface area contributed by atoms with Gasteiger partial charge in [0.2, 0.25) is 5.91 Å². The van der Waals surface area contributed by atoms with E-state index >= 15 is 0 Å². The Bertz CT molecular complexity index is 837. The van der Waals surface area contributed by atoms with E-state index in [1.807, 2.05) is 19.1 Å². The molecule has 26 heavy (non-hydrogen) atoms. The van der Waals surface area contributed by atoms with Crippen LogP contribution in [0, 0.1) is 6.92 Å². The minimum atomic E-state index is -0.437. The lowest BCUT2D eigenvalue weighted by Crippen LogP contribution is -2.28. The predicted octanol–water partition coefficient (Wildman–Crippen LogP) is 3.04. The third kappa shape index (κ3) is 5.90. The van der Waals surface area contributed by atoms with Gasteiger partial charge in [0.05, 0.1) is 0 Å². The maximum Gasteiger partial charge on any atom is 0.308 e. The number of ether oxygens (including phenoxy) is 1. The monoisotopic (exact) mass is 352 g/mol. The van der Waals surface area contributed by atoms with Crippen molar-refractivity contribution >= 4 is 29.5 Å². The summed E-state index contributed by atoms with van der Waals surface area (Å²) in [4.78, 5) is 34.9. The molecule has 0 radical (unpaired) electrons. The molecule has 2 N–H and O–H groups in total. The molecule has 0 unspecified atom stereocenters. The number of hydrogen-bond acceptors (Lipinski definition) is 4. The van der Waals surface area contributed by atoms with Gasteiger partial charge < -0.3 is 15.4 Å². The first kappa shape index (κ1) is 18.9. The fourth-order valence-corrected chi connectivity index (χ4v) is 2.15. The number of benzene rings is 2. The van der Waals surface area contributed by atoms with Gasteiger partial charge >= 0.3 is 5.97 Å². The Kier molecular flexibility index (Phi) is 6.27. The molecule has 0 fully saturated rings. The molecule has 134 valence electrons. The van der Waals surface area contributed by atoms with E-state index in [9.17, 15) is 14.4 Å². The van der Waals surface area contributed by atoms with Gasteiger partial charge in [0, 0.05) is 19.5 Å². The highest BCUT2D eigenvalue weighted by molar-refractivity contribution is 6.08. The maximum absolute atomic E-state index is 12.5. The second-order valence-corrected chi connectivity index (χ2v) is 5.72. The van der Waals surface area contributed by atoms with E-state index in [0.717, 1.165) is 5.56 Å². The molecule has 2 aromatic rings. The van der Waals surface area contributed by atoms with Crippen LogP contribution in [-0.2, 0) is 14.4 Å². The molecule has 0 bridgehead atoms. The quantitative estimate of drug-likeness (QED) is 0.492. The van der Waals surface area contributed by atoms with E-state index < -0.39 is 11.9 Å². The number of carbonyl (C=O) groups excluding carboxylic acids is 3. The molecular formula is C20H20N2O4. The van der Waals surface area contributed by atoms with Crippen molar-refractivity contribution in [3.05, 3.63) is 65.4 Å². The summed E-state index contributed by atoms with van der Waals surface area (Å²) in [6.45, 7) is 4.60. The summed E-state index contributed by atoms with van der Waals surface area (Å²) < 4.78 is 4.97. The second kappa shape index (κ2) is 8.62. The smallest absolute Gasteiger partial charge is 0.308 e. The highest BCUT2D eigenvalue weighted by atomic mass is 16.5. The highest BCUT2D eigenvalue weighted by Crippen LogP contribution is 2.15. The zero-order valence-corrected chi connectivity index (χ0v) is 14.8. The molecule has 0 heterocycles. The zero-order chi connectivity index (χ0) is 19.1. The molecule has 0 aromatic heterocycles. The van der Waals surface area contributed by atoms with Crippen LogP contribution in [0.3, 0.4) is 0 Å². The molecule has 0 atom stereocenters. The van der Waals surface area contributed by atoms with Crippen LogP contribution in [0.1, 0.15) is 25.0 Å². The number of nitrogens with one attached hydrogen (secondary N) is 2. The Morgan fingerprint density at radius 1 is 0.923 bits per heavy atom. The normalized spacial score (nSPS) is 10.8. The van der Waals surface area contributed by atoms with Crippen molar-refractivity contribution in [2.45, 2.75) is 20.8 Å². The summed E-state index contributed by atoms with van der Waals surface area (Å²) in [6.07, 6.45) is 1.54. The number of hydrogen-bond donors (Lipinski definition) is 2. The van der Waals surface area contributed by atoms with Crippen molar-refractivity contribution in [3.63, 3.8) is 0 Å². The first-order chi connectivity index (χ1) is 12.3. The third-order valence-electron chi connectivity index (χ3n) is 3.32. The predicted molar refractivity (Wildman–Crippen MR) is 99.4 cm³/mol. The van der Waals surface area contributed by atoms with E-state index in [1.54, 1.807) is 42.5 Å². The highest BCUT2D eigenvalue weighted by Gasteiger charge is 2.12. The summed E-state index contributed by atoms with van der Waals surface area (Å²) in [5.41, 5.74) is 2.48. The standard InChI is InChI=1S/C20H20N2O4/c1-13-4-8-17(9-5-13)22-20(25)19(21-14(2)23)12-16-6-10-18(11-7-16)26-15(3)24/h4-12H,1-3H3,(H,21,23)(H,22,25)/b19-12-. The van der Waals surface area contributed by atoms with Crippen molar-refractivity contribution in [1.82, 2.24) is 5.32 Å². The van der Waals surface area contributed by atoms with Gasteiger partial charge in [-0.15, -0.1) is 0 Å². The van der Waals surface area contributed by atoms with Gasteiger partial charge in [0.15, 0.2) is 0 Å². The molecular weight excluding hydrogens is 332 g/mol.